The van der Waals surface area contributed by atoms with Crippen LogP contribution in [-0.4, -0.2) is 33.0 Å². The van der Waals surface area contributed by atoms with E-state index in [1.165, 1.54) is 6.42 Å². The van der Waals surface area contributed by atoms with Crippen LogP contribution in [0.5, 0.6) is 0 Å². The van der Waals surface area contributed by atoms with E-state index in [9.17, 15) is 9.59 Å². The molecule has 3 N–H and O–H groups in total. The van der Waals surface area contributed by atoms with E-state index < -0.39 is 0 Å². The molecule has 0 spiro atoms. The number of amides is 3. The molecule has 0 unspecified atom stereocenters. The average molecular weight is 419 g/mol. The highest BCUT2D eigenvalue weighted by atomic mass is 16.2. The maximum Gasteiger partial charge on any atom is 0.319 e. The summed E-state index contributed by atoms with van der Waals surface area (Å²) in [7, 11) is 0. The van der Waals surface area contributed by atoms with Gasteiger partial charge in [-0.1, -0.05) is 12.5 Å². The van der Waals surface area contributed by atoms with Gasteiger partial charge in [0, 0.05) is 36.6 Å². The number of aromatic nitrogens is 3. The molecule has 160 valence electrons. The zero-order valence-corrected chi connectivity index (χ0v) is 17.6. The second-order valence-corrected chi connectivity index (χ2v) is 7.63. The summed E-state index contributed by atoms with van der Waals surface area (Å²) in [4.78, 5) is 34.2. The van der Waals surface area contributed by atoms with Crippen molar-refractivity contribution in [1.82, 2.24) is 19.9 Å². The molecular formula is C23H26N6O2. The Balaban J connectivity index is 1.53. The number of aryl methyl sites for hydroxylation is 3. The van der Waals surface area contributed by atoms with Crippen molar-refractivity contribution >= 4 is 34.5 Å². The molecule has 3 amide bonds. The minimum absolute atomic E-state index is 0.229. The largest absolute Gasteiger partial charge is 0.334 e. The van der Waals surface area contributed by atoms with Crippen molar-refractivity contribution in [2.24, 2.45) is 0 Å². The highest BCUT2D eigenvalue weighted by Crippen LogP contribution is 2.25. The lowest BCUT2D eigenvalue weighted by atomic mass is 10.1. The zero-order chi connectivity index (χ0) is 21.8. The van der Waals surface area contributed by atoms with E-state index in [1.54, 1.807) is 36.4 Å². The first-order chi connectivity index (χ1) is 15.0. The first-order valence-corrected chi connectivity index (χ1v) is 10.5. The van der Waals surface area contributed by atoms with Gasteiger partial charge in [-0.15, -0.1) is 6.58 Å². The van der Waals surface area contributed by atoms with E-state index in [-0.39, 0.29) is 11.9 Å². The Labute approximate surface area is 180 Å². The van der Waals surface area contributed by atoms with Gasteiger partial charge in [-0.25, -0.2) is 14.8 Å². The van der Waals surface area contributed by atoms with E-state index in [0.717, 1.165) is 43.0 Å². The molecule has 0 radical (unpaired) electrons. The molecule has 0 bridgehead atoms. The van der Waals surface area contributed by atoms with Gasteiger partial charge < -0.3 is 20.5 Å². The third-order valence-electron chi connectivity index (χ3n) is 5.24. The van der Waals surface area contributed by atoms with E-state index in [4.69, 9.17) is 4.98 Å². The summed E-state index contributed by atoms with van der Waals surface area (Å²) in [6, 6.07) is 8.42. The second kappa shape index (κ2) is 8.99. The van der Waals surface area contributed by atoms with Crippen molar-refractivity contribution in [3.05, 3.63) is 60.1 Å². The fourth-order valence-corrected chi connectivity index (χ4v) is 3.76. The van der Waals surface area contributed by atoms with E-state index >= 15 is 0 Å². The molecule has 31 heavy (non-hydrogen) atoms. The second-order valence-electron chi connectivity index (χ2n) is 7.63. The Bertz CT molecular complexity index is 1130. The van der Waals surface area contributed by atoms with Crippen LogP contribution in [-0.2, 0) is 13.0 Å². The molecule has 1 aliphatic rings. The Morgan fingerprint density at radius 1 is 1.10 bits per heavy atom. The summed E-state index contributed by atoms with van der Waals surface area (Å²) in [6.07, 6.45) is 5.90. The number of hydrogen-bond acceptors (Lipinski definition) is 4. The molecule has 3 aromatic rings. The van der Waals surface area contributed by atoms with Gasteiger partial charge in [-0.2, -0.15) is 0 Å². The first-order valence-electron chi connectivity index (χ1n) is 10.5. The zero-order valence-electron chi connectivity index (χ0n) is 17.6. The van der Waals surface area contributed by atoms with Crippen LogP contribution in [0, 0.1) is 6.92 Å². The van der Waals surface area contributed by atoms with Crippen molar-refractivity contribution in [3.8, 4) is 0 Å². The van der Waals surface area contributed by atoms with Gasteiger partial charge in [0.05, 0.1) is 5.56 Å². The number of anilines is 2. The molecule has 8 heteroatoms. The minimum Gasteiger partial charge on any atom is -0.334 e. The van der Waals surface area contributed by atoms with E-state index in [1.807, 2.05) is 6.92 Å². The Morgan fingerprint density at radius 2 is 1.84 bits per heavy atom. The monoisotopic (exact) mass is 418 g/mol. The number of fused-ring (bicyclic) bond motifs is 3. The lowest BCUT2D eigenvalue weighted by Gasteiger charge is -2.09. The predicted octanol–water partition coefficient (Wildman–Crippen LogP) is 4.03. The fraction of sp³-hybridized carbons (Fsp3) is 0.304. The van der Waals surface area contributed by atoms with Crippen LogP contribution in [0.25, 0.3) is 11.2 Å². The van der Waals surface area contributed by atoms with E-state index in [2.05, 4.69) is 32.1 Å². The number of nitrogens with one attached hydrogen (secondary N) is 3. The van der Waals surface area contributed by atoms with Crippen molar-refractivity contribution < 1.29 is 9.59 Å². The molecule has 4 rings (SSSR count). The Kier molecular flexibility index (Phi) is 5.97. The number of urea groups is 1. The number of rotatable bonds is 5. The molecular weight excluding hydrogens is 392 g/mol. The molecule has 0 atom stereocenters. The first kappa shape index (κ1) is 20.6. The number of imidazole rings is 1. The standard InChI is InChI=1S/C23H26N6O2/c1-3-12-24-23(31)27-17-10-8-16(9-11-17)26-22(30)18-14-15(2)25-21-20(18)28-19-7-5-4-6-13-29(19)21/h3,8-11,14H,1,4-7,12-13H2,2H3,(H,26,30)(H2,24,27,31). The SMILES string of the molecule is C=CCNC(=O)Nc1ccc(NC(=O)c2cc(C)nc3c2nc2n3CCCCC2)cc1. The molecule has 1 aromatic carbocycles. The number of carbonyl (C=O) groups excluding carboxylic acids is 2. The van der Waals surface area contributed by atoms with Crippen molar-refractivity contribution in [2.45, 2.75) is 39.2 Å². The lowest BCUT2D eigenvalue weighted by molar-refractivity contribution is 0.102. The number of benzene rings is 1. The molecule has 0 aliphatic carbocycles. The topological polar surface area (TPSA) is 101 Å². The van der Waals surface area contributed by atoms with Gasteiger partial charge >= 0.3 is 6.03 Å². The Morgan fingerprint density at radius 3 is 2.58 bits per heavy atom. The van der Waals surface area contributed by atoms with Gasteiger partial charge in [0.15, 0.2) is 5.65 Å². The van der Waals surface area contributed by atoms with Crippen LogP contribution in [0.4, 0.5) is 16.2 Å². The fourth-order valence-electron chi connectivity index (χ4n) is 3.76. The number of pyridine rings is 1. The molecule has 2 aromatic heterocycles. The van der Waals surface area contributed by atoms with Gasteiger partial charge in [0.2, 0.25) is 0 Å². The number of carbonyl (C=O) groups is 2. The minimum atomic E-state index is -0.314. The molecule has 3 heterocycles. The van der Waals surface area contributed by atoms with Gasteiger partial charge in [-0.3, -0.25) is 4.79 Å². The van der Waals surface area contributed by atoms with Crippen LogP contribution in [0.15, 0.2) is 43.0 Å². The van der Waals surface area contributed by atoms with Gasteiger partial charge in [-0.05, 0) is 50.1 Å². The smallest absolute Gasteiger partial charge is 0.319 e. The van der Waals surface area contributed by atoms with Gasteiger partial charge in [0.1, 0.15) is 11.3 Å². The lowest BCUT2D eigenvalue weighted by Crippen LogP contribution is -2.28. The van der Waals surface area contributed by atoms with Crippen LogP contribution in [0.1, 0.15) is 41.1 Å². The highest BCUT2D eigenvalue weighted by Gasteiger charge is 2.21. The van der Waals surface area contributed by atoms with Crippen molar-refractivity contribution in [1.29, 1.82) is 0 Å². The maximum absolute atomic E-state index is 13.1. The summed E-state index contributed by atoms with van der Waals surface area (Å²) >= 11 is 0. The summed E-state index contributed by atoms with van der Waals surface area (Å²) in [5, 5.41) is 8.29. The van der Waals surface area contributed by atoms with Crippen molar-refractivity contribution in [3.63, 3.8) is 0 Å². The molecule has 0 fully saturated rings. The Hall–Kier alpha value is -3.68. The quantitative estimate of drug-likeness (QED) is 0.545. The number of hydrogen-bond donors (Lipinski definition) is 3. The summed E-state index contributed by atoms with van der Waals surface area (Å²) < 4.78 is 2.16. The maximum atomic E-state index is 13.1. The molecule has 0 saturated carbocycles. The summed E-state index contributed by atoms with van der Waals surface area (Å²) in [5.41, 5.74) is 4.00. The third kappa shape index (κ3) is 4.58. The highest BCUT2D eigenvalue weighted by molar-refractivity contribution is 6.11. The molecule has 0 saturated heterocycles. The molecule has 8 nitrogen and oxygen atoms in total. The summed E-state index contributed by atoms with van der Waals surface area (Å²) in [6.45, 7) is 6.73. The average Bonchev–Trinajstić information content (AvgIpc) is 2.93. The van der Waals surface area contributed by atoms with Crippen molar-refractivity contribution in [2.75, 3.05) is 17.2 Å². The normalized spacial score (nSPS) is 13.2. The predicted molar refractivity (Wildman–Crippen MR) is 121 cm³/mol. The van der Waals surface area contributed by atoms with Gasteiger partial charge in [0.25, 0.3) is 5.91 Å². The number of nitrogens with zero attached hydrogens (tertiary/aromatic N) is 3. The van der Waals surface area contributed by atoms with E-state index in [0.29, 0.717) is 29.0 Å². The molecule has 1 aliphatic heterocycles. The van der Waals surface area contributed by atoms with Crippen LogP contribution in [0.2, 0.25) is 0 Å². The van der Waals surface area contributed by atoms with Crippen LogP contribution >= 0.6 is 0 Å². The van der Waals surface area contributed by atoms with Crippen LogP contribution in [0.3, 0.4) is 0 Å². The van der Waals surface area contributed by atoms with Crippen LogP contribution < -0.4 is 16.0 Å². The third-order valence-corrected chi connectivity index (χ3v) is 5.24. The summed E-state index contributed by atoms with van der Waals surface area (Å²) in [5.74, 6) is 0.776.